The van der Waals surface area contributed by atoms with E-state index < -0.39 is 0 Å². The smallest absolute Gasteiger partial charge is 0.180 e. The number of fused-ring (bicyclic) bond motifs is 3. The monoisotopic (exact) mass is 628 g/mol. The number of nitrogens with zero attached hydrogens (tertiary/aromatic N) is 4. The Bertz CT molecular complexity index is 2540. The highest BCUT2D eigenvalue weighted by Crippen LogP contribution is 2.37. The SMILES string of the molecule is c1ccc(-c2cc(-c3ccccc3)nc(-c3cccc(-c4cccc(-c5nc(-c6ccccc6)nc6c5oc5ccccc56)c4)c3)n2)cc1. The van der Waals surface area contributed by atoms with E-state index in [4.69, 9.17) is 24.4 Å². The lowest BCUT2D eigenvalue weighted by Crippen LogP contribution is -1.96. The van der Waals surface area contributed by atoms with Crippen LogP contribution in [-0.4, -0.2) is 19.9 Å². The van der Waals surface area contributed by atoms with Gasteiger partial charge in [-0.2, -0.15) is 0 Å². The number of aromatic nitrogens is 4. The number of hydrogen-bond donors (Lipinski definition) is 0. The van der Waals surface area contributed by atoms with Crippen LogP contribution in [0.25, 0.3) is 89.7 Å². The fraction of sp³-hybridized carbons (Fsp3) is 0. The van der Waals surface area contributed by atoms with E-state index in [0.717, 1.165) is 72.5 Å². The van der Waals surface area contributed by atoms with Crippen molar-refractivity contribution >= 4 is 22.1 Å². The summed E-state index contributed by atoms with van der Waals surface area (Å²) in [5.74, 6) is 1.33. The molecule has 0 aliphatic rings. The van der Waals surface area contributed by atoms with Crippen LogP contribution >= 0.6 is 0 Å². The molecule has 0 amide bonds. The molecule has 0 saturated carbocycles. The van der Waals surface area contributed by atoms with Gasteiger partial charge in [0.25, 0.3) is 0 Å². The zero-order chi connectivity index (χ0) is 32.6. The van der Waals surface area contributed by atoms with Crippen LogP contribution in [-0.2, 0) is 0 Å². The molecular weight excluding hydrogens is 601 g/mol. The predicted molar refractivity (Wildman–Crippen MR) is 198 cm³/mol. The number of para-hydroxylation sites is 1. The summed E-state index contributed by atoms with van der Waals surface area (Å²) in [7, 11) is 0. The topological polar surface area (TPSA) is 64.7 Å². The number of furan rings is 1. The Morgan fingerprint density at radius 3 is 1.49 bits per heavy atom. The standard InChI is InChI=1S/C44H28N4O/c1-4-14-29(15-5-1)37-28-38(30-16-6-2-7-17-30)46-44(45-37)35-23-13-21-33(27-35)32-20-12-22-34(26-32)40-42-41(36-24-10-11-25-39(36)49-42)48-43(47-40)31-18-8-3-9-19-31/h1-28H. The molecule has 9 rings (SSSR count). The van der Waals surface area contributed by atoms with Crippen molar-refractivity contribution in [3.05, 3.63) is 170 Å². The summed E-state index contributed by atoms with van der Waals surface area (Å²) >= 11 is 0. The van der Waals surface area contributed by atoms with Crippen LogP contribution < -0.4 is 0 Å². The van der Waals surface area contributed by atoms with Crippen molar-refractivity contribution in [3.63, 3.8) is 0 Å². The van der Waals surface area contributed by atoms with Gasteiger partial charge in [-0.15, -0.1) is 0 Å². The van der Waals surface area contributed by atoms with E-state index in [1.165, 1.54) is 0 Å². The van der Waals surface area contributed by atoms with Gasteiger partial charge in [0.15, 0.2) is 17.2 Å². The third-order valence-electron chi connectivity index (χ3n) is 8.71. The molecule has 6 aromatic carbocycles. The molecule has 0 unspecified atom stereocenters. The first kappa shape index (κ1) is 28.5. The quantitative estimate of drug-likeness (QED) is 0.183. The molecule has 0 bridgehead atoms. The molecule has 0 fully saturated rings. The normalized spacial score (nSPS) is 11.3. The molecule has 3 heterocycles. The zero-order valence-corrected chi connectivity index (χ0v) is 26.4. The van der Waals surface area contributed by atoms with Crippen molar-refractivity contribution in [2.24, 2.45) is 0 Å². The molecule has 0 aliphatic heterocycles. The van der Waals surface area contributed by atoms with Crippen LogP contribution in [0.3, 0.4) is 0 Å². The van der Waals surface area contributed by atoms with Crippen LogP contribution in [0.5, 0.6) is 0 Å². The maximum absolute atomic E-state index is 6.41. The fourth-order valence-corrected chi connectivity index (χ4v) is 6.28. The maximum Gasteiger partial charge on any atom is 0.180 e. The Kier molecular flexibility index (Phi) is 7.06. The molecule has 9 aromatic rings. The molecule has 230 valence electrons. The Morgan fingerprint density at radius 1 is 0.347 bits per heavy atom. The van der Waals surface area contributed by atoms with Crippen LogP contribution in [0.4, 0.5) is 0 Å². The van der Waals surface area contributed by atoms with Gasteiger partial charge in [0.2, 0.25) is 0 Å². The largest absolute Gasteiger partial charge is 0.452 e. The number of rotatable bonds is 6. The summed E-state index contributed by atoms with van der Waals surface area (Å²) in [4.78, 5) is 20.2. The second kappa shape index (κ2) is 12.1. The van der Waals surface area contributed by atoms with Crippen molar-refractivity contribution in [1.82, 2.24) is 19.9 Å². The van der Waals surface area contributed by atoms with E-state index in [9.17, 15) is 0 Å². The molecule has 5 heteroatoms. The van der Waals surface area contributed by atoms with Gasteiger partial charge in [0.05, 0.1) is 11.4 Å². The summed E-state index contributed by atoms with van der Waals surface area (Å²) in [6.07, 6.45) is 0. The van der Waals surface area contributed by atoms with Crippen LogP contribution in [0.1, 0.15) is 0 Å². The second-order valence-corrected chi connectivity index (χ2v) is 11.9. The molecular formula is C44H28N4O. The minimum Gasteiger partial charge on any atom is -0.452 e. The maximum atomic E-state index is 6.41. The minimum absolute atomic E-state index is 0.659. The first-order valence-electron chi connectivity index (χ1n) is 16.2. The van der Waals surface area contributed by atoms with E-state index in [2.05, 4.69) is 78.9 Å². The highest BCUT2D eigenvalue weighted by molar-refractivity contribution is 6.07. The summed E-state index contributed by atoms with van der Waals surface area (Å²) < 4.78 is 6.41. The van der Waals surface area contributed by atoms with Gasteiger partial charge in [-0.05, 0) is 41.5 Å². The number of hydrogen-bond acceptors (Lipinski definition) is 5. The molecule has 49 heavy (non-hydrogen) atoms. The average Bonchev–Trinajstić information content (AvgIpc) is 3.57. The van der Waals surface area contributed by atoms with Crippen molar-refractivity contribution in [3.8, 4) is 67.7 Å². The third-order valence-corrected chi connectivity index (χ3v) is 8.71. The van der Waals surface area contributed by atoms with E-state index in [1.807, 2.05) is 91.0 Å². The van der Waals surface area contributed by atoms with Gasteiger partial charge in [-0.25, -0.2) is 19.9 Å². The molecule has 0 saturated heterocycles. The van der Waals surface area contributed by atoms with E-state index in [0.29, 0.717) is 17.2 Å². The summed E-state index contributed by atoms with van der Waals surface area (Å²) in [5.41, 5.74) is 11.8. The summed E-state index contributed by atoms with van der Waals surface area (Å²) in [6.45, 7) is 0. The van der Waals surface area contributed by atoms with Gasteiger partial charge < -0.3 is 4.42 Å². The van der Waals surface area contributed by atoms with Crippen molar-refractivity contribution in [2.45, 2.75) is 0 Å². The first-order valence-corrected chi connectivity index (χ1v) is 16.2. The zero-order valence-electron chi connectivity index (χ0n) is 26.4. The molecule has 0 N–H and O–H groups in total. The van der Waals surface area contributed by atoms with Gasteiger partial charge in [-0.1, -0.05) is 140 Å². The molecule has 3 aromatic heterocycles. The predicted octanol–water partition coefficient (Wildman–Crippen LogP) is 11.2. The van der Waals surface area contributed by atoms with Crippen LogP contribution in [0.15, 0.2) is 174 Å². The summed E-state index contributed by atoms with van der Waals surface area (Å²) in [6, 6.07) is 57.5. The van der Waals surface area contributed by atoms with Gasteiger partial charge >= 0.3 is 0 Å². The van der Waals surface area contributed by atoms with E-state index >= 15 is 0 Å². The minimum atomic E-state index is 0.659. The third kappa shape index (κ3) is 5.43. The highest BCUT2D eigenvalue weighted by Gasteiger charge is 2.19. The lowest BCUT2D eigenvalue weighted by atomic mass is 9.99. The molecule has 0 spiro atoms. The molecule has 0 radical (unpaired) electrons. The van der Waals surface area contributed by atoms with Gasteiger partial charge in [-0.3, -0.25) is 0 Å². The van der Waals surface area contributed by atoms with Crippen molar-refractivity contribution in [2.75, 3.05) is 0 Å². The van der Waals surface area contributed by atoms with Crippen LogP contribution in [0.2, 0.25) is 0 Å². The highest BCUT2D eigenvalue weighted by atomic mass is 16.3. The van der Waals surface area contributed by atoms with Crippen molar-refractivity contribution < 1.29 is 4.42 Å². The molecule has 0 atom stereocenters. The second-order valence-electron chi connectivity index (χ2n) is 11.9. The lowest BCUT2D eigenvalue weighted by molar-refractivity contribution is 0.667. The Balaban J connectivity index is 1.17. The molecule has 0 aliphatic carbocycles. The van der Waals surface area contributed by atoms with Gasteiger partial charge in [0.1, 0.15) is 16.8 Å². The Hall–Kier alpha value is -6.72. The van der Waals surface area contributed by atoms with Gasteiger partial charge in [0, 0.05) is 33.2 Å². The Morgan fingerprint density at radius 2 is 0.837 bits per heavy atom. The molecule has 5 nitrogen and oxygen atoms in total. The number of benzene rings is 6. The first-order chi connectivity index (χ1) is 24.3. The fourth-order valence-electron chi connectivity index (χ4n) is 6.28. The lowest BCUT2D eigenvalue weighted by Gasteiger charge is -2.11. The van der Waals surface area contributed by atoms with Crippen LogP contribution in [0, 0.1) is 0 Å². The van der Waals surface area contributed by atoms with E-state index in [-0.39, 0.29) is 0 Å². The average molecular weight is 629 g/mol. The summed E-state index contributed by atoms with van der Waals surface area (Å²) in [5, 5.41) is 0.967. The van der Waals surface area contributed by atoms with Crippen molar-refractivity contribution in [1.29, 1.82) is 0 Å². The van der Waals surface area contributed by atoms with E-state index in [1.54, 1.807) is 0 Å². The Labute approximate surface area is 283 Å².